The van der Waals surface area contributed by atoms with Crippen LogP contribution in [0.15, 0.2) is 16.0 Å². The maximum Gasteiger partial charge on any atom is 0.251 e. The molecule has 2 unspecified atom stereocenters. The molecule has 0 bridgehead atoms. The van der Waals surface area contributed by atoms with E-state index in [0.717, 1.165) is 19.3 Å². The highest BCUT2D eigenvalue weighted by atomic mass is 32.2. The van der Waals surface area contributed by atoms with Gasteiger partial charge in [0.25, 0.3) is 5.56 Å². The number of aromatic nitrogens is 2. The van der Waals surface area contributed by atoms with Gasteiger partial charge in [0.2, 0.25) is 5.91 Å². The van der Waals surface area contributed by atoms with Crippen molar-refractivity contribution in [2.24, 2.45) is 0 Å². The first-order chi connectivity index (χ1) is 13.4. The molecule has 8 nitrogen and oxygen atoms in total. The van der Waals surface area contributed by atoms with E-state index in [0.29, 0.717) is 36.8 Å². The first-order valence-electron chi connectivity index (χ1n) is 9.71. The van der Waals surface area contributed by atoms with E-state index in [1.807, 2.05) is 6.92 Å². The van der Waals surface area contributed by atoms with Crippen LogP contribution in [0.1, 0.15) is 38.3 Å². The fourth-order valence-electron chi connectivity index (χ4n) is 3.63. The minimum absolute atomic E-state index is 0.0111. The van der Waals surface area contributed by atoms with E-state index in [1.165, 1.54) is 17.8 Å². The molecule has 0 aromatic carbocycles. The Kier molecular flexibility index (Phi) is 7.16. The molecule has 0 saturated carbocycles. The first-order valence-corrected chi connectivity index (χ1v) is 12.5. The lowest BCUT2D eigenvalue weighted by molar-refractivity contribution is -0.131. The maximum absolute atomic E-state index is 12.9. The van der Waals surface area contributed by atoms with E-state index in [9.17, 15) is 18.0 Å². The minimum atomic E-state index is -3.09. The van der Waals surface area contributed by atoms with Crippen LogP contribution in [0.5, 0.6) is 0 Å². The molecule has 1 N–H and O–H groups in total. The van der Waals surface area contributed by atoms with Crippen LogP contribution in [-0.4, -0.2) is 71.7 Å². The highest BCUT2D eigenvalue weighted by molar-refractivity contribution is 7.99. The summed E-state index contributed by atoms with van der Waals surface area (Å²) in [6.07, 6.45) is 3.85. The van der Waals surface area contributed by atoms with Crippen molar-refractivity contribution in [3.8, 4) is 0 Å². The number of aryl methyl sites for hydroxylation is 1. The Morgan fingerprint density at radius 2 is 2.25 bits per heavy atom. The molecule has 1 aromatic rings. The highest BCUT2D eigenvalue weighted by Gasteiger charge is 2.36. The Balaban J connectivity index is 1.67. The van der Waals surface area contributed by atoms with Gasteiger partial charge < -0.3 is 14.6 Å². The monoisotopic (exact) mass is 429 g/mol. The van der Waals surface area contributed by atoms with E-state index >= 15 is 0 Å². The van der Waals surface area contributed by atoms with Crippen molar-refractivity contribution in [1.29, 1.82) is 0 Å². The van der Waals surface area contributed by atoms with Gasteiger partial charge in [-0.15, -0.1) is 0 Å². The lowest BCUT2D eigenvalue weighted by Crippen LogP contribution is -2.46. The molecule has 0 spiro atoms. The zero-order valence-electron chi connectivity index (χ0n) is 16.1. The van der Waals surface area contributed by atoms with Crippen LogP contribution in [0.2, 0.25) is 0 Å². The zero-order chi connectivity index (χ0) is 20.1. The van der Waals surface area contributed by atoms with Crippen molar-refractivity contribution in [2.45, 2.75) is 56.3 Å². The van der Waals surface area contributed by atoms with Crippen molar-refractivity contribution in [3.63, 3.8) is 0 Å². The molecule has 3 heterocycles. The summed E-state index contributed by atoms with van der Waals surface area (Å²) in [6.45, 7) is 3.11. The van der Waals surface area contributed by atoms with E-state index in [-0.39, 0.29) is 40.9 Å². The molecule has 28 heavy (non-hydrogen) atoms. The predicted molar refractivity (Wildman–Crippen MR) is 107 cm³/mol. The number of thioether (sulfide) groups is 1. The molecule has 2 fully saturated rings. The summed E-state index contributed by atoms with van der Waals surface area (Å²) in [5.74, 6) is 0.0821. The maximum atomic E-state index is 12.9. The molecule has 0 radical (unpaired) electrons. The molecule has 2 atom stereocenters. The number of nitrogens with one attached hydrogen (secondary N) is 1. The second-order valence-electron chi connectivity index (χ2n) is 7.32. The van der Waals surface area contributed by atoms with Crippen molar-refractivity contribution < 1.29 is 17.9 Å². The number of hydrogen-bond donors (Lipinski definition) is 1. The standard InChI is InChI=1S/C18H27N3O5S2/c1-2-4-13-9-16(22)20-18(19-13)27-11-17(23)21(10-15-5-3-7-26-15)14-6-8-28(24,25)12-14/h9,14-15H,2-8,10-12H2,1H3,(H,19,20,22). The Hall–Kier alpha value is -1.39. The summed E-state index contributed by atoms with van der Waals surface area (Å²) in [7, 11) is -3.09. The molecular weight excluding hydrogens is 402 g/mol. The number of sulfone groups is 1. The largest absolute Gasteiger partial charge is 0.376 e. The summed E-state index contributed by atoms with van der Waals surface area (Å²) < 4.78 is 29.5. The third kappa shape index (κ3) is 5.81. The third-order valence-corrected chi connectivity index (χ3v) is 7.61. The van der Waals surface area contributed by atoms with Gasteiger partial charge in [0.15, 0.2) is 15.0 Å². The average Bonchev–Trinajstić information content (AvgIpc) is 3.26. The predicted octanol–water partition coefficient (Wildman–Crippen LogP) is 1.01. The number of ether oxygens (including phenoxy) is 1. The molecule has 2 saturated heterocycles. The Morgan fingerprint density at radius 3 is 2.89 bits per heavy atom. The van der Waals surface area contributed by atoms with Crippen molar-refractivity contribution >= 4 is 27.5 Å². The van der Waals surface area contributed by atoms with Gasteiger partial charge >= 0.3 is 0 Å². The molecule has 156 valence electrons. The lowest BCUT2D eigenvalue weighted by atomic mass is 10.1. The van der Waals surface area contributed by atoms with E-state index in [2.05, 4.69) is 9.97 Å². The number of nitrogens with zero attached hydrogens (tertiary/aromatic N) is 2. The Labute approximate surface area is 169 Å². The summed E-state index contributed by atoms with van der Waals surface area (Å²) in [5.41, 5.74) is 0.478. The SMILES string of the molecule is CCCc1cc(=O)[nH]c(SCC(=O)N(CC2CCCO2)C2CCS(=O)(=O)C2)n1. The fourth-order valence-corrected chi connectivity index (χ4v) is 6.14. The Bertz CT molecular complexity index is 849. The number of carbonyl (C=O) groups excluding carboxylic acids is 1. The van der Waals surface area contributed by atoms with E-state index < -0.39 is 9.84 Å². The molecular formula is C18H27N3O5S2. The Morgan fingerprint density at radius 1 is 1.43 bits per heavy atom. The summed E-state index contributed by atoms with van der Waals surface area (Å²) >= 11 is 1.18. The fraction of sp³-hybridized carbons (Fsp3) is 0.722. The number of aromatic amines is 1. The quantitative estimate of drug-likeness (QED) is 0.485. The average molecular weight is 430 g/mol. The van der Waals surface area contributed by atoms with Gasteiger partial charge in [-0.05, 0) is 25.7 Å². The van der Waals surface area contributed by atoms with Crippen LogP contribution in [0.4, 0.5) is 0 Å². The molecule has 10 heteroatoms. The van der Waals surface area contributed by atoms with Gasteiger partial charge in [0, 0.05) is 31.0 Å². The van der Waals surface area contributed by atoms with E-state index in [1.54, 1.807) is 4.90 Å². The van der Waals surface area contributed by atoms with Crippen LogP contribution >= 0.6 is 11.8 Å². The third-order valence-electron chi connectivity index (χ3n) is 5.01. The topological polar surface area (TPSA) is 109 Å². The van der Waals surface area contributed by atoms with Gasteiger partial charge in [-0.2, -0.15) is 0 Å². The van der Waals surface area contributed by atoms with Gasteiger partial charge in [-0.25, -0.2) is 13.4 Å². The van der Waals surface area contributed by atoms with Crippen molar-refractivity contribution in [1.82, 2.24) is 14.9 Å². The number of hydrogen-bond acceptors (Lipinski definition) is 7. The summed E-state index contributed by atoms with van der Waals surface area (Å²) in [5, 5.41) is 0.417. The number of carbonyl (C=O) groups is 1. The molecule has 2 aliphatic heterocycles. The zero-order valence-corrected chi connectivity index (χ0v) is 17.7. The second-order valence-corrected chi connectivity index (χ2v) is 10.5. The van der Waals surface area contributed by atoms with Crippen molar-refractivity contribution in [3.05, 3.63) is 22.1 Å². The van der Waals surface area contributed by atoms with Crippen LogP contribution in [0.25, 0.3) is 0 Å². The molecule has 2 aliphatic rings. The molecule has 1 aromatic heterocycles. The van der Waals surface area contributed by atoms with Crippen molar-refractivity contribution in [2.75, 3.05) is 30.4 Å². The first kappa shape index (κ1) is 21.3. The minimum Gasteiger partial charge on any atom is -0.376 e. The number of rotatable bonds is 8. The van der Waals surface area contributed by atoms with Gasteiger partial charge in [-0.3, -0.25) is 9.59 Å². The smallest absolute Gasteiger partial charge is 0.251 e. The van der Waals surface area contributed by atoms with E-state index in [4.69, 9.17) is 4.74 Å². The van der Waals surface area contributed by atoms with Crippen LogP contribution in [0, 0.1) is 0 Å². The highest BCUT2D eigenvalue weighted by Crippen LogP contribution is 2.23. The molecule has 0 aliphatic carbocycles. The van der Waals surface area contributed by atoms with Crippen LogP contribution < -0.4 is 5.56 Å². The molecule has 3 rings (SSSR count). The van der Waals surface area contributed by atoms with Crippen LogP contribution in [-0.2, 0) is 25.8 Å². The summed E-state index contributed by atoms with van der Waals surface area (Å²) in [4.78, 5) is 33.4. The normalized spacial score (nSPS) is 23.8. The van der Waals surface area contributed by atoms with Gasteiger partial charge in [0.1, 0.15) is 0 Å². The lowest BCUT2D eigenvalue weighted by Gasteiger charge is -2.30. The number of amides is 1. The summed E-state index contributed by atoms with van der Waals surface area (Å²) in [6, 6.07) is 1.17. The number of H-pyrrole nitrogens is 1. The van der Waals surface area contributed by atoms with Gasteiger partial charge in [0.05, 0.1) is 23.4 Å². The molecule has 1 amide bonds. The van der Waals surface area contributed by atoms with Gasteiger partial charge in [-0.1, -0.05) is 25.1 Å². The second kappa shape index (κ2) is 9.41. The van der Waals surface area contributed by atoms with Crippen LogP contribution in [0.3, 0.4) is 0 Å².